The van der Waals surface area contributed by atoms with Crippen molar-refractivity contribution in [3.8, 4) is 5.75 Å². The van der Waals surface area contributed by atoms with Gasteiger partial charge in [0.05, 0.1) is 12.1 Å². The summed E-state index contributed by atoms with van der Waals surface area (Å²) < 4.78 is 5.09. The summed E-state index contributed by atoms with van der Waals surface area (Å²) in [5, 5.41) is 10.3. The number of hydrogen-bond acceptors (Lipinski definition) is 3. The number of hydrogen-bond donors (Lipinski definition) is 3. The van der Waals surface area contributed by atoms with Gasteiger partial charge >= 0.3 is 0 Å². The normalized spacial score (nSPS) is 11.4. The van der Waals surface area contributed by atoms with Crippen LogP contribution in [-0.4, -0.2) is 43.9 Å². The van der Waals surface area contributed by atoms with Gasteiger partial charge in [0.2, 0.25) is 11.9 Å². The Morgan fingerprint density at radius 2 is 2.18 bits per heavy atom. The predicted octanol–water partition coefficient (Wildman–Crippen LogP) is 1.29. The molecule has 1 aromatic carbocycles. The summed E-state index contributed by atoms with van der Waals surface area (Å²) in [6, 6.07) is 5.12. The molecule has 0 bridgehead atoms. The van der Waals surface area contributed by atoms with Crippen LogP contribution in [0.3, 0.4) is 0 Å². The lowest BCUT2D eigenvalue weighted by molar-refractivity contribution is -0.115. The summed E-state index contributed by atoms with van der Waals surface area (Å²) >= 11 is 5.92. The molecule has 0 saturated carbocycles. The van der Waals surface area contributed by atoms with Crippen LogP contribution in [0.1, 0.15) is 5.56 Å². The Hall–Kier alpha value is -2.54. The number of amides is 1. The summed E-state index contributed by atoms with van der Waals surface area (Å²) in [4.78, 5) is 16.9. The molecule has 0 aliphatic heterocycles. The molecule has 22 heavy (non-hydrogen) atoms. The van der Waals surface area contributed by atoms with Crippen molar-refractivity contribution < 1.29 is 9.53 Å². The van der Waals surface area contributed by atoms with E-state index in [1.165, 1.54) is 18.1 Å². The fourth-order valence-electron chi connectivity index (χ4n) is 1.36. The van der Waals surface area contributed by atoms with E-state index in [0.717, 1.165) is 5.56 Å². The molecule has 7 nitrogen and oxygen atoms in total. The molecule has 0 aromatic heterocycles. The number of benzene rings is 1. The highest BCUT2D eigenvalue weighted by Crippen LogP contribution is 2.25. The van der Waals surface area contributed by atoms with Gasteiger partial charge in [-0.15, -0.1) is 0 Å². The number of ether oxygens (including phenoxy) is 1. The molecule has 0 fully saturated rings. The third kappa shape index (κ3) is 5.45. The second kappa shape index (κ2) is 8.04. The molecular weight excluding hydrogens is 306 g/mol. The molecule has 0 heterocycles. The first-order valence-corrected chi connectivity index (χ1v) is 6.64. The van der Waals surface area contributed by atoms with E-state index < -0.39 is 5.91 Å². The second-order valence-corrected chi connectivity index (χ2v) is 4.84. The van der Waals surface area contributed by atoms with Gasteiger partial charge in [0.1, 0.15) is 5.75 Å². The molecule has 8 heteroatoms. The summed E-state index contributed by atoms with van der Waals surface area (Å²) in [7, 11) is 4.81. The minimum absolute atomic E-state index is 0.0655. The summed E-state index contributed by atoms with van der Waals surface area (Å²) in [6.45, 7) is 0. The molecular formula is C14H18ClN5O2. The number of methoxy groups -OCH3 is 1. The standard InChI is InChI=1S/C14H18ClN5O2/c1-20(2)14(17)19-13(16)18-12(21)7-5-9-4-6-10(15)11(8-9)22-3/h4-8H,1-3H3,(H4,16,17,18,19,21)/b7-5+. The largest absolute Gasteiger partial charge is 0.495 e. The maximum Gasteiger partial charge on any atom is 0.250 e. The molecule has 0 atom stereocenters. The Labute approximate surface area is 133 Å². The van der Waals surface area contributed by atoms with E-state index >= 15 is 0 Å². The van der Waals surface area contributed by atoms with Crippen molar-refractivity contribution in [2.75, 3.05) is 21.2 Å². The molecule has 0 aliphatic rings. The first-order valence-electron chi connectivity index (χ1n) is 6.26. The molecule has 0 spiro atoms. The molecule has 0 saturated heterocycles. The highest BCUT2D eigenvalue weighted by atomic mass is 35.5. The van der Waals surface area contributed by atoms with Crippen LogP contribution in [0, 0.1) is 5.41 Å². The van der Waals surface area contributed by atoms with Crippen LogP contribution in [-0.2, 0) is 4.79 Å². The maximum atomic E-state index is 11.7. The first-order chi connectivity index (χ1) is 10.3. The van der Waals surface area contributed by atoms with Crippen molar-refractivity contribution in [1.82, 2.24) is 10.2 Å². The van der Waals surface area contributed by atoms with Crippen molar-refractivity contribution in [3.63, 3.8) is 0 Å². The van der Waals surface area contributed by atoms with Gasteiger partial charge in [-0.05, 0) is 23.8 Å². The van der Waals surface area contributed by atoms with Crippen LogP contribution in [0.15, 0.2) is 29.3 Å². The lowest BCUT2D eigenvalue weighted by Crippen LogP contribution is -2.37. The SMILES string of the molecule is COc1cc(/C=C/C(=O)N/C(N)=N/C(=N)N(C)C)ccc1Cl. The zero-order chi connectivity index (χ0) is 16.7. The Balaban J connectivity index is 2.70. The zero-order valence-corrected chi connectivity index (χ0v) is 13.3. The zero-order valence-electron chi connectivity index (χ0n) is 12.6. The average Bonchev–Trinajstić information content (AvgIpc) is 2.46. The van der Waals surface area contributed by atoms with Gasteiger partial charge < -0.3 is 15.4 Å². The quantitative estimate of drug-likeness (QED) is 0.443. The van der Waals surface area contributed by atoms with Gasteiger partial charge in [0.15, 0.2) is 0 Å². The van der Waals surface area contributed by atoms with E-state index in [1.54, 1.807) is 38.4 Å². The minimum Gasteiger partial charge on any atom is -0.495 e. The highest BCUT2D eigenvalue weighted by molar-refractivity contribution is 6.32. The smallest absolute Gasteiger partial charge is 0.250 e. The molecule has 4 N–H and O–H groups in total. The lowest BCUT2D eigenvalue weighted by Gasteiger charge is -2.09. The van der Waals surface area contributed by atoms with Gasteiger partial charge in [0, 0.05) is 20.2 Å². The van der Waals surface area contributed by atoms with Gasteiger partial charge in [-0.2, -0.15) is 4.99 Å². The van der Waals surface area contributed by atoms with E-state index in [-0.39, 0.29) is 11.9 Å². The number of rotatable bonds is 3. The number of carbonyl (C=O) groups is 1. The molecule has 0 aliphatic carbocycles. The van der Waals surface area contributed by atoms with Crippen LogP contribution < -0.4 is 15.8 Å². The third-order valence-corrected chi connectivity index (χ3v) is 2.82. The second-order valence-electron chi connectivity index (χ2n) is 4.43. The molecule has 0 radical (unpaired) electrons. The summed E-state index contributed by atoms with van der Waals surface area (Å²) in [5.41, 5.74) is 6.27. The number of nitrogens with one attached hydrogen (secondary N) is 2. The van der Waals surface area contributed by atoms with Crippen LogP contribution in [0.25, 0.3) is 6.08 Å². The molecule has 0 unspecified atom stereocenters. The van der Waals surface area contributed by atoms with Gasteiger partial charge in [-0.3, -0.25) is 15.5 Å². The fourth-order valence-corrected chi connectivity index (χ4v) is 1.56. The van der Waals surface area contributed by atoms with E-state index in [2.05, 4.69) is 10.3 Å². The van der Waals surface area contributed by atoms with Crippen LogP contribution in [0.5, 0.6) is 5.75 Å². The summed E-state index contributed by atoms with van der Waals surface area (Å²) in [5.74, 6) is -0.155. The van der Waals surface area contributed by atoms with E-state index in [9.17, 15) is 4.79 Å². The van der Waals surface area contributed by atoms with Crippen LogP contribution in [0.4, 0.5) is 0 Å². The number of carbonyl (C=O) groups excluding carboxylic acids is 1. The molecule has 1 amide bonds. The Morgan fingerprint density at radius 3 is 2.77 bits per heavy atom. The minimum atomic E-state index is -0.457. The number of nitrogens with two attached hydrogens (primary N) is 1. The fraction of sp³-hybridized carbons (Fsp3) is 0.214. The lowest BCUT2D eigenvalue weighted by atomic mass is 10.2. The topological polar surface area (TPSA) is 104 Å². The van der Waals surface area contributed by atoms with Crippen molar-refractivity contribution in [2.45, 2.75) is 0 Å². The van der Waals surface area contributed by atoms with Crippen molar-refractivity contribution >= 4 is 35.5 Å². The highest BCUT2D eigenvalue weighted by Gasteiger charge is 2.03. The van der Waals surface area contributed by atoms with Gasteiger partial charge in [0.25, 0.3) is 5.91 Å². The average molecular weight is 324 g/mol. The van der Waals surface area contributed by atoms with Crippen LogP contribution >= 0.6 is 11.6 Å². The maximum absolute atomic E-state index is 11.7. The molecule has 1 aromatic rings. The van der Waals surface area contributed by atoms with E-state index in [0.29, 0.717) is 10.8 Å². The number of nitrogens with zero attached hydrogens (tertiary/aromatic N) is 2. The molecule has 1 rings (SSSR count). The van der Waals surface area contributed by atoms with Crippen molar-refractivity contribution in [3.05, 3.63) is 34.9 Å². The van der Waals surface area contributed by atoms with Crippen LogP contribution in [0.2, 0.25) is 5.02 Å². The monoisotopic (exact) mass is 323 g/mol. The number of aliphatic imine (C=N–C) groups is 1. The molecule has 118 valence electrons. The van der Waals surface area contributed by atoms with E-state index in [1.807, 2.05) is 0 Å². The van der Waals surface area contributed by atoms with Crippen molar-refractivity contribution in [2.24, 2.45) is 10.7 Å². The van der Waals surface area contributed by atoms with Gasteiger partial charge in [-0.25, -0.2) is 0 Å². The number of halogens is 1. The predicted molar refractivity (Wildman–Crippen MR) is 88.2 cm³/mol. The number of guanidine groups is 2. The summed E-state index contributed by atoms with van der Waals surface area (Å²) in [6.07, 6.45) is 2.88. The Bertz CT molecular complexity index is 626. The Kier molecular flexibility index (Phi) is 6.40. The van der Waals surface area contributed by atoms with Gasteiger partial charge in [-0.1, -0.05) is 17.7 Å². The third-order valence-electron chi connectivity index (χ3n) is 2.50. The Morgan fingerprint density at radius 1 is 1.50 bits per heavy atom. The van der Waals surface area contributed by atoms with Crippen molar-refractivity contribution in [1.29, 1.82) is 5.41 Å². The van der Waals surface area contributed by atoms with E-state index in [4.69, 9.17) is 27.5 Å². The first kappa shape index (κ1) is 17.5.